The second-order valence-corrected chi connectivity index (χ2v) is 4.39. The Bertz CT molecular complexity index is 298. The zero-order valence-corrected chi connectivity index (χ0v) is 11.6. The van der Waals surface area contributed by atoms with Crippen molar-refractivity contribution in [2.24, 2.45) is 0 Å². The average Bonchev–Trinajstić information content (AvgIpc) is 2.40. The van der Waals surface area contributed by atoms with Crippen LogP contribution in [-0.4, -0.2) is 26.9 Å². The molecule has 18 heavy (non-hydrogen) atoms. The number of rotatable bonds is 10. The molecule has 0 aromatic heterocycles. The quantitative estimate of drug-likeness (QED) is 0.649. The number of nitrogens with one attached hydrogen (secondary N) is 1. The summed E-state index contributed by atoms with van der Waals surface area (Å²) in [5, 5.41) is 3.37. The first-order valence-corrected chi connectivity index (χ1v) is 6.72. The molecule has 1 rings (SSSR count). The lowest BCUT2D eigenvalue weighted by Crippen LogP contribution is -2.19. The van der Waals surface area contributed by atoms with Gasteiger partial charge in [-0.25, -0.2) is 0 Å². The maximum absolute atomic E-state index is 5.48. The fourth-order valence-corrected chi connectivity index (χ4v) is 1.65. The summed E-state index contributed by atoms with van der Waals surface area (Å²) < 4.78 is 10.6. The summed E-state index contributed by atoms with van der Waals surface area (Å²) in [7, 11) is 1.72. The summed E-state index contributed by atoms with van der Waals surface area (Å²) >= 11 is 0. The summed E-state index contributed by atoms with van der Waals surface area (Å²) in [5.41, 5.74) is 2.51. The van der Waals surface area contributed by atoms with Gasteiger partial charge in [-0.3, -0.25) is 0 Å². The highest BCUT2D eigenvalue weighted by Crippen LogP contribution is 2.05. The van der Waals surface area contributed by atoms with Gasteiger partial charge in [0.2, 0.25) is 0 Å². The van der Waals surface area contributed by atoms with Crippen molar-refractivity contribution in [2.75, 3.05) is 26.9 Å². The Morgan fingerprint density at radius 1 is 1.06 bits per heavy atom. The number of ether oxygens (including phenoxy) is 2. The standard InChI is InChI=1S/C15H25NO2/c1-3-4-10-18-11-9-16-12-14-5-7-15(8-6-14)13-17-2/h5-8,16H,3-4,9-13H2,1-2H3. The molecule has 102 valence electrons. The van der Waals surface area contributed by atoms with Gasteiger partial charge in [0, 0.05) is 26.8 Å². The molecule has 0 aliphatic carbocycles. The molecule has 1 aromatic carbocycles. The van der Waals surface area contributed by atoms with Crippen molar-refractivity contribution in [3.63, 3.8) is 0 Å². The van der Waals surface area contributed by atoms with Crippen molar-refractivity contribution in [2.45, 2.75) is 32.9 Å². The van der Waals surface area contributed by atoms with Gasteiger partial charge in [0.1, 0.15) is 0 Å². The zero-order valence-electron chi connectivity index (χ0n) is 11.6. The first kappa shape index (κ1) is 15.2. The van der Waals surface area contributed by atoms with Crippen molar-refractivity contribution in [3.05, 3.63) is 35.4 Å². The number of benzene rings is 1. The molecule has 0 heterocycles. The molecule has 0 bridgehead atoms. The molecule has 0 radical (unpaired) electrons. The highest BCUT2D eigenvalue weighted by molar-refractivity contribution is 5.21. The fourth-order valence-electron chi connectivity index (χ4n) is 1.65. The molecular weight excluding hydrogens is 226 g/mol. The lowest BCUT2D eigenvalue weighted by atomic mass is 10.1. The molecule has 0 unspecified atom stereocenters. The monoisotopic (exact) mass is 251 g/mol. The number of methoxy groups -OCH3 is 1. The van der Waals surface area contributed by atoms with E-state index in [9.17, 15) is 0 Å². The van der Waals surface area contributed by atoms with Gasteiger partial charge in [0.05, 0.1) is 13.2 Å². The van der Waals surface area contributed by atoms with Crippen LogP contribution in [0.25, 0.3) is 0 Å². The third-order valence-electron chi connectivity index (χ3n) is 2.73. The van der Waals surface area contributed by atoms with Crippen LogP contribution in [0.1, 0.15) is 30.9 Å². The molecule has 0 atom stereocenters. The van der Waals surface area contributed by atoms with Crippen molar-refractivity contribution in [3.8, 4) is 0 Å². The van der Waals surface area contributed by atoms with E-state index >= 15 is 0 Å². The molecule has 0 saturated carbocycles. The van der Waals surface area contributed by atoms with Gasteiger partial charge >= 0.3 is 0 Å². The highest BCUT2D eigenvalue weighted by atomic mass is 16.5. The van der Waals surface area contributed by atoms with Gasteiger partial charge in [-0.05, 0) is 17.5 Å². The molecule has 0 spiro atoms. The minimum Gasteiger partial charge on any atom is -0.380 e. The Morgan fingerprint density at radius 3 is 2.44 bits per heavy atom. The van der Waals surface area contributed by atoms with Gasteiger partial charge in [-0.15, -0.1) is 0 Å². The van der Waals surface area contributed by atoms with Crippen molar-refractivity contribution >= 4 is 0 Å². The van der Waals surface area contributed by atoms with Crippen LogP contribution in [0.2, 0.25) is 0 Å². The topological polar surface area (TPSA) is 30.5 Å². The largest absolute Gasteiger partial charge is 0.380 e. The van der Waals surface area contributed by atoms with E-state index in [2.05, 4.69) is 36.5 Å². The predicted molar refractivity (Wildman–Crippen MR) is 74.6 cm³/mol. The third kappa shape index (κ3) is 6.74. The van der Waals surface area contributed by atoms with E-state index in [1.54, 1.807) is 7.11 Å². The van der Waals surface area contributed by atoms with E-state index in [-0.39, 0.29) is 0 Å². The molecule has 0 aliphatic rings. The Kier molecular flexibility index (Phi) is 8.47. The lowest BCUT2D eigenvalue weighted by Gasteiger charge is -2.07. The molecule has 0 aliphatic heterocycles. The van der Waals surface area contributed by atoms with Gasteiger partial charge in [0.15, 0.2) is 0 Å². The Labute approximate surface area is 110 Å². The normalized spacial score (nSPS) is 10.8. The van der Waals surface area contributed by atoms with Crippen molar-refractivity contribution in [1.82, 2.24) is 5.32 Å². The second kappa shape index (κ2) is 10.1. The summed E-state index contributed by atoms with van der Waals surface area (Å²) in [6.45, 7) is 6.33. The Balaban J connectivity index is 2.08. The van der Waals surface area contributed by atoms with Crippen LogP contribution < -0.4 is 5.32 Å². The van der Waals surface area contributed by atoms with Gasteiger partial charge in [-0.1, -0.05) is 37.6 Å². The van der Waals surface area contributed by atoms with Crippen LogP contribution in [0.4, 0.5) is 0 Å². The minimum absolute atomic E-state index is 0.680. The maximum atomic E-state index is 5.48. The fraction of sp³-hybridized carbons (Fsp3) is 0.600. The summed E-state index contributed by atoms with van der Waals surface area (Å²) in [6, 6.07) is 8.50. The molecule has 1 aromatic rings. The van der Waals surface area contributed by atoms with E-state index in [1.807, 2.05) is 0 Å². The lowest BCUT2D eigenvalue weighted by molar-refractivity contribution is 0.133. The van der Waals surface area contributed by atoms with Crippen LogP contribution in [-0.2, 0) is 22.6 Å². The second-order valence-electron chi connectivity index (χ2n) is 4.39. The smallest absolute Gasteiger partial charge is 0.0713 e. The molecule has 0 saturated heterocycles. The summed E-state index contributed by atoms with van der Waals surface area (Å²) in [4.78, 5) is 0. The predicted octanol–water partition coefficient (Wildman–Crippen LogP) is 2.74. The number of unbranched alkanes of at least 4 members (excludes halogenated alkanes) is 1. The van der Waals surface area contributed by atoms with E-state index in [4.69, 9.17) is 9.47 Å². The van der Waals surface area contributed by atoms with Gasteiger partial charge in [0.25, 0.3) is 0 Å². The molecule has 0 amide bonds. The summed E-state index contributed by atoms with van der Waals surface area (Å²) in [5.74, 6) is 0. The molecule has 0 fully saturated rings. The van der Waals surface area contributed by atoms with Crippen molar-refractivity contribution < 1.29 is 9.47 Å². The van der Waals surface area contributed by atoms with Gasteiger partial charge in [-0.2, -0.15) is 0 Å². The number of hydrogen-bond donors (Lipinski definition) is 1. The SMILES string of the molecule is CCCCOCCNCc1ccc(COC)cc1. The highest BCUT2D eigenvalue weighted by Gasteiger charge is 1.94. The van der Waals surface area contributed by atoms with Crippen LogP contribution in [0.3, 0.4) is 0 Å². The van der Waals surface area contributed by atoms with Crippen LogP contribution in [0.15, 0.2) is 24.3 Å². The van der Waals surface area contributed by atoms with Crippen molar-refractivity contribution in [1.29, 1.82) is 0 Å². The maximum Gasteiger partial charge on any atom is 0.0713 e. The summed E-state index contributed by atoms with van der Waals surface area (Å²) in [6.07, 6.45) is 2.35. The first-order valence-electron chi connectivity index (χ1n) is 6.72. The molecule has 1 N–H and O–H groups in total. The van der Waals surface area contributed by atoms with Crippen LogP contribution >= 0.6 is 0 Å². The molecule has 3 nitrogen and oxygen atoms in total. The average molecular weight is 251 g/mol. The molecule has 3 heteroatoms. The molecular formula is C15H25NO2. The van der Waals surface area contributed by atoms with E-state index in [0.717, 1.165) is 32.7 Å². The van der Waals surface area contributed by atoms with Gasteiger partial charge < -0.3 is 14.8 Å². The zero-order chi connectivity index (χ0) is 13.1. The van der Waals surface area contributed by atoms with E-state index < -0.39 is 0 Å². The third-order valence-corrected chi connectivity index (χ3v) is 2.73. The Hall–Kier alpha value is -0.900. The van der Waals surface area contributed by atoms with E-state index in [1.165, 1.54) is 17.5 Å². The van der Waals surface area contributed by atoms with Crippen LogP contribution in [0.5, 0.6) is 0 Å². The Morgan fingerprint density at radius 2 is 1.78 bits per heavy atom. The van der Waals surface area contributed by atoms with E-state index in [0.29, 0.717) is 6.61 Å². The minimum atomic E-state index is 0.680. The van der Waals surface area contributed by atoms with Crippen LogP contribution in [0, 0.1) is 0 Å². The number of hydrogen-bond acceptors (Lipinski definition) is 3. The first-order chi connectivity index (χ1) is 8.86.